The number of rotatable bonds is 3. The zero-order valence-electron chi connectivity index (χ0n) is 7.49. The Morgan fingerprint density at radius 1 is 1.69 bits per heavy atom. The number of ether oxygens (including phenoxy) is 1. The molecule has 1 rings (SSSR count). The summed E-state index contributed by atoms with van der Waals surface area (Å²) < 4.78 is 4.81. The van der Waals surface area contributed by atoms with Crippen LogP contribution in [-0.4, -0.2) is 17.6 Å². The number of nitrogens with two attached hydrogens (primary N) is 1. The lowest BCUT2D eigenvalue weighted by atomic mass is 10.2. The number of carbonyl (C=O) groups excluding carboxylic acids is 1. The molecule has 0 aliphatic heterocycles. The first-order valence-electron chi connectivity index (χ1n) is 4.10. The molecular formula is C9H12N2O2. The fourth-order valence-corrected chi connectivity index (χ4v) is 0.987. The molecule has 0 radical (unpaired) electrons. The normalized spacial score (nSPS) is 9.69. The summed E-state index contributed by atoms with van der Waals surface area (Å²) in [5.74, 6) is -0.413. The van der Waals surface area contributed by atoms with E-state index in [-0.39, 0.29) is 0 Å². The summed E-state index contributed by atoms with van der Waals surface area (Å²) in [6.07, 6.45) is 1.55. The molecule has 4 heteroatoms. The number of hydrogen-bond acceptors (Lipinski definition) is 4. The molecule has 0 aliphatic rings. The number of pyridine rings is 1. The van der Waals surface area contributed by atoms with Gasteiger partial charge in [0.15, 0.2) is 5.69 Å². The van der Waals surface area contributed by atoms with Gasteiger partial charge in [-0.3, -0.25) is 0 Å². The molecule has 70 valence electrons. The van der Waals surface area contributed by atoms with E-state index in [9.17, 15) is 4.79 Å². The third-order valence-corrected chi connectivity index (χ3v) is 1.58. The lowest BCUT2D eigenvalue weighted by Crippen LogP contribution is -2.12. The highest BCUT2D eigenvalue weighted by molar-refractivity contribution is 5.88. The van der Waals surface area contributed by atoms with Crippen LogP contribution in [0.5, 0.6) is 0 Å². The molecule has 0 saturated heterocycles. The smallest absolute Gasteiger partial charge is 0.357 e. The van der Waals surface area contributed by atoms with Crippen LogP contribution in [0.25, 0.3) is 0 Å². The monoisotopic (exact) mass is 180 g/mol. The van der Waals surface area contributed by atoms with Crippen molar-refractivity contribution in [3.05, 3.63) is 29.6 Å². The van der Waals surface area contributed by atoms with Crippen LogP contribution in [0, 0.1) is 0 Å². The van der Waals surface area contributed by atoms with Gasteiger partial charge in [-0.05, 0) is 18.6 Å². The minimum Gasteiger partial charge on any atom is -0.461 e. The SMILES string of the molecule is CCOC(=O)c1ncccc1CN. The zero-order chi connectivity index (χ0) is 9.68. The molecule has 13 heavy (non-hydrogen) atoms. The van der Waals surface area contributed by atoms with E-state index in [0.717, 1.165) is 0 Å². The summed E-state index contributed by atoms with van der Waals surface area (Å²) in [5, 5.41) is 0. The minimum atomic E-state index is -0.413. The second kappa shape index (κ2) is 4.57. The Balaban J connectivity index is 2.92. The summed E-state index contributed by atoms with van der Waals surface area (Å²) in [4.78, 5) is 15.2. The number of nitrogens with zero attached hydrogens (tertiary/aromatic N) is 1. The molecule has 1 aromatic heterocycles. The summed E-state index contributed by atoms with van der Waals surface area (Å²) in [5.41, 5.74) is 6.46. The molecule has 0 atom stereocenters. The highest BCUT2D eigenvalue weighted by Gasteiger charge is 2.11. The Labute approximate surface area is 76.7 Å². The summed E-state index contributed by atoms with van der Waals surface area (Å²) >= 11 is 0. The highest BCUT2D eigenvalue weighted by atomic mass is 16.5. The van der Waals surface area contributed by atoms with E-state index >= 15 is 0 Å². The number of carbonyl (C=O) groups is 1. The molecule has 0 aromatic carbocycles. The molecular weight excluding hydrogens is 168 g/mol. The third-order valence-electron chi connectivity index (χ3n) is 1.58. The van der Waals surface area contributed by atoms with Crippen molar-refractivity contribution in [2.24, 2.45) is 5.73 Å². The first kappa shape index (κ1) is 9.67. The molecule has 1 aromatic rings. The summed E-state index contributed by atoms with van der Waals surface area (Å²) in [6, 6.07) is 3.50. The van der Waals surface area contributed by atoms with Crippen LogP contribution in [0.2, 0.25) is 0 Å². The van der Waals surface area contributed by atoms with Crippen LogP contribution < -0.4 is 5.73 Å². The lowest BCUT2D eigenvalue weighted by Gasteiger charge is -2.04. The van der Waals surface area contributed by atoms with Crippen molar-refractivity contribution in [1.29, 1.82) is 0 Å². The topological polar surface area (TPSA) is 65.2 Å². The first-order valence-corrected chi connectivity index (χ1v) is 4.10. The maximum Gasteiger partial charge on any atom is 0.357 e. The fourth-order valence-electron chi connectivity index (χ4n) is 0.987. The molecule has 0 spiro atoms. The molecule has 0 amide bonds. The van der Waals surface area contributed by atoms with E-state index in [1.54, 1.807) is 25.3 Å². The first-order chi connectivity index (χ1) is 6.29. The molecule has 1 heterocycles. The van der Waals surface area contributed by atoms with Crippen LogP contribution >= 0.6 is 0 Å². The van der Waals surface area contributed by atoms with E-state index < -0.39 is 5.97 Å². The molecule has 0 aliphatic carbocycles. The summed E-state index contributed by atoms with van der Waals surface area (Å²) in [6.45, 7) is 2.39. The molecule has 0 bridgehead atoms. The molecule has 0 fully saturated rings. The van der Waals surface area contributed by atoms with Crippen LogP contribution in [-0.2, 0) is 11.3 Å². The predicted molar refractivity (Wildman–Crippen MR) is 48.1 cm³/mol. The maximum atomic E-state index is 11.3. The second-order valence-electron chi connectivity index (χ2n) is 2.44. The fraction of sp³-hybridized carbons (Fsp3) is 0.333. The van der Waals surface area contributed by atoms with Gasteiger partial charge in [0.2, 0.25) is 0 Å². The van der Waals surface area contributed by atoms with Gasteiger partial charge in [-0.1, -0.05) is 6.07 Å². The van der Waals surface area contributed by atoms with E-state index in [4.69, 9.17) is 10.5 Å². The van der Waals surface area contributed by atoms with Crippen molar-refractivity contribution in [3.8, 4) is 0 Å². The summed E-state index contributed by atoms with van der Waals surface area (Å²) in [7, 11) is 0. The van der Waals surface area contributed by atoms with Gasteiger partial charge in [-0.25, -0.2) is 9.78 Å². The number of hydrogen-bond donors (Lipinski definition) is 1. The van der Waals surface area contributed by atoms with Gasteiger partial charge in [-0.2, -0.15) is 0 Å². The van der Waals surface area contributed by atoms with Gasteiger partial charge in [0, 0.05) is 12.7 Å². The van der Waals surface area contributed by atoms with Crippen LogP contribution in [0.15, 0.2) is 18.3 Å². The van der Waals surface area contributed by atoms with Gasteiger partial charge >= 0.3 is 5.97 Å². The number of aromatic nitrogens is 1. The molecule has 4 nitrogen and oxygen atoms in total. The maximum absolute atomic E-state index is 11.3. The molecule has 0 saturated carbocycles. The van der Waals surface area contributed by atoms with Crippen LogP contribution in [0.1, 0.15) is 23.0 Å². The van der Waals surface area contributed by atoms with Crippen LogP contribution in [0.3, 0.4) is 0 Å². The quantitative estimate of drug-likeness (QED) is 0.696. The van der Waals surface area contributed by atoms with Gasteiger partial charge in [0.1, 0.15) is 0 Å². The minimum absolute atomic E-state index is 0.294. The van der Waals surface area contributed by atoms with E-state index in [1.165, 1.54) is 0 Å². The predicted octanol–water partition coefficient (Wildman–Crippen LogP) is 0.717. The Hall–Kier alpha value is -1.42. The van der Waals surface area contributed by atoms with Crippen LogP contribution in [0.4, 0.5) is 0 Å². The van der Waals surface area contributed by atoms with E-state index in [1.807, 2.05) is 0 Å². The third kappa shape index (κ3) is 2.26. The van der Waals surface area contributed by atoms with Gasteiger partial charge in [0.05, 0.1) is 6.61 Å². The largest absolute Gasteiger partial charge is 0.461 e. The Bertz CT molecular complexity index is 299. The molecule has 0 unspecified atom stereocenters. The highest BCUT2D eigenvalue weighted by Crippen LogP contribution is 2.05. The van der Waals surface area contributed by atoms with Gasteiger partial charge in [-0.15, -0.1) is 0 Å². The van der Waals surface area contributed by atoms with Crippen molar-refractivity contribution in [2.75, 3.05) is 6.61 Å². The number of esters is 1. The van der Waals surface area contributed by atoms with Gasteiger partial charge < -0.3 is 10.5 Å². The van der Waals surface area contributed by atoms with Crippen molar-refractivity contribution in [3.63, 3.8) is 0 Å². The molecule has 2 N–H and O–H groups in total. The average Bonchev–Trinajstić information content (AvgIpc) is 2.18. The Kier molecular flexibility index (Phi) is 3.40. The Morgan fingerprint density at radius 2 is 2.46 bits per heavy atom. The van der Waals surface area contributed by atoms with Crippen molar-refractivity contribution < 1.29 is 9.53 Å². The van der Waals surface area contributed by atoms with E-state index in [2.05, 4.69) is 4.98 Å². The van der Waals surface area contributed by atoms with Crippen molar-refractivity contribution >= 4 is 5.97 Å². The standard InChI is InChI=1S/C9H12N2O2/c1-2-13-9(12)8-7(6-10)4-3-5-11-8/h3-5H,2,6,10H2,1H3. The van der Waals surface area contributed by atoms with E-state index in [0.29, 0.717) is 24.4 Å². The van der Waals surface area contributed by atoms with Gasteiger partial charge in [0.25, 0.3) is 0 Å². The van der Waals surface area contributed by atoms with Crippen molar-refractivity contribution in [2.45, 2.75) is 13.5 Å². The Morgan fingerprint density at radius 3 is 3.08 bits per heavy atom. The second-order valence-corrected chi connectivity index (χ2v) is 2.44. The zero-order valence-corrected chi connectivity index (χ0v) is 7.49. The average molecular weight is 180 g/mol. The van der Waals surface area contributed by atoms with Crippen molar-refractivity contribution in [1.82, 2.24) is 4.98 Å². The lowest BCUT2D eigenvalue weighted by molar-refractivity contribution is 0.0518.